The van der Waals surface area contributed by atoms with Crippen LogP contribution in [0.3, 0.4) is 0 Å². The number of rotatable bonds is 4. The molecule has 3 aromatic rings. The number of hydrogen-bond acceptors (Lipinski definition) is 5. The lowest BCUT2D eigenvalue weighted by Crippen LogP contribution is -2.54. The molecule has 0 aliphatic carbocycles. The predicted molar refractivity (Wildman–Crippen MR) is 119 cm³/mol. The number of aromatic nitrogens is 4. The van der Waals surface area contributed by atoms with Crippen molar-refractivity contribution in [1.29, 1.82) is 0 Å². The van der Waals surface area contributed by atoms with Gasteiger partial charge in [0.05, 0.1) is 5.02 Å². The Morgan fingerprint density at radius 3 is 2.60 bits per heavy atom. The first kappa shape index (κ1) is 21.3. The van der Waals surface area contributed by atoms with Crippen molar-refractivity contribution in [2.24, 2.45) is 5.92 Å². The number of benzene rings is 1. The molecule has 9 heteroatoms. The summed E-state index contributed by atoms with van der Waals surface area (Å²) in [6.07, 6.45) is 0. The number of anilines is 1. The molecule has 0 spiro atoms. The zero-order valence-corrected chi connectivity index (χ0v) is 19.0. The van der Waals surface area contributed by atoms with Crippen molar-refractivity contribution in [2.75, 3.05) is 24.5 Å². The van der Waals surface area contributed by atoms with Gasteiger partial charge in [0.2, 0.25) is 5.28 Å². The van der Waals surface area contributed by atoms with Crippen LogP contribution in [0.2, 0.25) is 10.3 Å². The average molecular weight is 451 g/mol. The third kappa shape index (κ3) is 3.98. The van der Waals surface area contributed by atoms with Crippen LogP contribution < -0.4 is 4.90 Å². The van der Waals surface area contributed by atoms with Gasteiger partial charge >= 0.3 is 0 Å². The van der Waals surface area contributed by atoms with Gasteiger partial charge in [0.25, 0.3) is 0 Å². The molecule has 0 bridgehead atoms. The highest BCUT2D eigenvalue weighted by atomic mass is 35.5. The number of imidazole rings is 1. The van der Waals surface area contributed by atoms with E-state index in [1.54, 1.807) is 6.07 Å². The van der Waals surface area contributed by atoms with Crippen LogP contribution in [0.1, 0.15) is 38.2 Å². The second-order valence-electron chi connectivity index (χ2n) is 8.24. The Morgan fingerprint density at radius 2 is 1.93 bits per heavy atom. The number of nitrogens with one attached hydrogen (secondary N) is 1. The van der Waals surface area contributed by atoms with Gasteiger partial charge < -0.3 is 9.88 Å². The van der Waals surface area contributed by atoms with Crippen molar-refractivity contribution in [3.05, 3.63) is 45.7 Å². The van der Waals surface area contributed by atoms with Crippen LogP contribution in [-0.2, 0) is 0 Å². The summed E-state index contributed by atoms with van der Waals surface area (Å²) < 4.78 is 13.7. The maximum Gasteiger partial charge on any atom is 0.226 e. The minimum atomic E-state index is -0.388. The number of halogens is 3. The predicted octanol–water partition coefficient (Wildman–Crippen LogP) is 5.02. The highest BCUT2D eigenvalue weighted by molar-refractivity contribution is 6.30. The van der Waals surface area contributed by atoms with Crippen molar-refractivity contribution in [3.8, 4) is 0 Å². The van der Waals surface area contributed by atoms with E-state index in [2.05, 4.69) is 50.5 Å². The molecule has 160 valence electrons. The first-order valence-corrected chi connectivity index (χ1v) is 10.9. The number of nitrogens with zero attached hydrogens (tertiary/aromatic N) is 5. The Hall–Kier alpha value is -1.96. The van der Waals surface area contributed by atoms with Crippen LogP contribution in [0.5, 0.6) is 0 Å². The van der Waals surface area contributed by atoms with Crippen molar-refractivity contribution >= 4 is 40.2 Å². The molecule has 1 aliphatic heterocycles. The molecule has 0 saturated carbocycles. The maximum absolute atomic E-state index is 13.7. The first-order chi connectivity index (χ1) is 14.2. The summed E-state index contributed by atoms with van der Waals surface area (Å²) in [5.41, 5.74) is 2.43. The topological polar surface area (TPSA) is 60.9 Å². The van der Waals surface area contributed by atoms with Gasteiger partial charge in [-0.15, -0.1) is 0 Å². The molecule has 4 rings (SSSR count). The number of hydrogen-bond donors (Lipinski definition) is 1. The monoisotopic (exact) mass is 450 g/mol. The molecule has 30 heavy (non-hydrogen) atoms. The molecule has 1 fully saturated rings. The summed E-state index contributed by atoms with van der Waals surface area (Å²) in [7, 11) is 0. The fourth-order valence-corrected chi connectivity index (χ4v) is 4.80. The SMILES string of the molecule is Cc1nc2nc(Cl)nc(N3CCN(C(c4ccc(F)c(Cl)c4)C(C)C)CC3C)c2[nH]1. The Labute approximate surface area is 185 Å². The molecule has 0 amide bonds. The van der Waals surface area contributed by atoms with Gasteiger partial charge in [0.1, 0.15) is 17.2 Å². The van der Waals surface area contributed by atoms with Gasteiger partial charge in [-0.05, 0) is 49.1 Å². The zero-order chi connectivity index (χ0) is 21.6. The Morgan fingerprint density at radius 1 is 1.17 bits per heavy atom. The molecule has 2 atom stereocenters. The third-order valence-electron chi connectivity index (χ3n) is 5.66. The zero-order valence-electron chi connectivity index (χ0n) is 17.5. The lowest BCUT2D eigenvalue weighted by atomic mass is 9.93. The quantitative estimate of drug-likeness (QED) is 0.565. The van der Waals surface area contributed by atoms with Gasteiger partial charge in [0.15, 0.2) is 11.5 Å². The molecule has 2 unspecified atom stereocenters. The van der Waals surface area contributed by atoms with Crippen LogP contribution in [0.15, 0.2) is 18.2 Å². The number of fused-ring (bicyclic) bond motifs is 1. The lowest BCUT2D eigenvalue weighted by molar-refractivity contribution is 0.129. The fraction of sp³-hybridized carbons (Fsp3) is 0.476. The molecule has 1 aromatic carbocycles. The molecular formula is C21H25Cl2FN6. The van der Waals surface area contributed by atoms with Crippen LogP contribution in [0.4, 0.5) is 10.2 Å². The molecule has 3 heterocycles. The van der Waals surface area contributed by atoms with Crippen LogP contribution in [0.25, 0.3) is 11.2 Å². The largest absolute Gasteiger partial charge is 0.349 e. The van der Waals surface area contributed by atoms with E-state index in [4.69, 9.17) is 23.2 Å². The van der Waals surface area contributed by atoms with Crippen molar-refractivity contribution in [3.63, 3.8) is 0 Å². The Bertz CT molecular complexity index is 1070. The first-order valence-electron chi connectivity index (χ1n) is 10.1. The summed E-state index contributed by atoms with van der Waals surface area (Å²) in [4.78, 5) is 21.1. The molecule has 0 radical (unpaired) electrons. The van der Waals surface area contributed by atoms with Crippen molar-refractivity contribution < 1.29 is 4.39 Å². The summed E-state index contributed by atoms with van der Waals surface area (Å²) in [5.74, 6) is 1.52. The molecule has 1 N–H and O–H groups in total. The Balaban J connectivity index is 1.61. The van der Waals surface area contributed by atoms with E-state index in [1.165, 1.54) is 6.07 Å². The molecule has 1 aliphatic rings. The standard InChI is InChI=1S/C21H25Cl2FN6/c1-11(2)18(14-5-6-16(24)15(22)9-14)29-7-8-30(12(3)10-29)20-17-19(26-13(4)25-17)27-21(23)28-20/h5-6,9,11-12,18H,7-8,10H2,1-4H3,(H,25,26,27,28). The summed E-state index contributed by atoms with van der Waals surface area (Å²) >= 11 is 12.2. The second kappa shape index (κ2) is 8.29. The molecule has 1 saturated heterocycles. The minimum Gasteiger partial charge on any atom is -0.349 e. The highest BCUT2D eigenvalue weighted by Gasteiger charge is 2.33. The fourth-order valence-electron chi connectivity index (χ4n) is 4.45. The van der Waals surface area contributed by atoms with E-state index in [1.807, 2.05) is 13.0 Å². The van der Waals surface area contributed by atoms with E-state index < -0.39 is 0 Å². The van der Waals surface area contributed by atoms with Gasteiger partial charge in [-0.1, -0.05) is 31.5 Å². The molecular weight excluding hydrogens is 426 g/mol. The van der Waals surface area contributed by atoms with Crippen LogP contribution in [0, 0.1) is 18.7 Å². The van der Waals surface area contributed by atoms with E-state index >= 15 is 0 Å². The van der Waals surface area contributed by atoms with Crippen LogP contribution >= 0.6 is 23.2 Å². The van der Waals surface area contributed by atoms with Crippen LogP contribution in [-0.4, -0.2) is 50.5 Å². The second-order valence-corrected chi connectivity index (χ2v) is 8.98. The van der Waals surface area contributed by atoms with Gasteiger partial charge in [-0.3, -0.25) is 4.90 Å². The van der Waals surface area contributed by atoms with Crippen molar-refractivity contribution in [1.82, 2.24) is 24.8 Å². The van der Waals surface area contributed by atoms with E-state index in [9.17, 15) is 4.39 Å². The van der Waals surface area contributed by atoms with Gasteiger partial charge in [-0.25, -0.2) is 9.37 Å². The van der Waals surface area contributed by atoms with Gasteiger partial charge in [-0.2, -0.15) is 9.97 Å². The normalized spacial score (nSPS) is 19.1. The number of piperazine rings is 1. The maximum atomic E-state index is 13.7. The molecule has 2 aromatic heterocycles. The summed E-state index contributed by atoms with van der Waals surface area (Å²) in [6.45, 7) is 10.9. The van der Waals surface area contributed by atoms with E-state index in [0.717, 1.165) is 42.4 Å². The van der Waals surface area contributed by atoms with Gasteiger partial charge in [0, 0.05) is 31.7 Å². The molecule has 6 nitrogen and oxygen atoms in total. The van der Waals surface area contributed by atoms with E-state index in [0.29, 0.717) is 11.6 Å². The lowest BCUT2D eigenvalue weighted by Gasteiger charge is -2.45. The van der Waals surface area contributed by atoms with E-state index in [-0.39, 0.29) is 28.2 Å². The number of H-pyrrole nitrogens is 1. The number of aromatic amines is 1. The summed E-state index contributed by atoms with van der Waals surface area (Å²) in [6, 6.07) is 5.38. The summed E-state index contributed by atoms with van der Waals surface area (Å²) in [5, 5.41) is 0.358. The Kier molecular flexibility index (Phi) is 5.88. The minimum absolute atomic E-state index is 0.149. The smallest absolute Gasteiger partial charge is 0.226 e. The third-order valence-corrected chi connectivity index (χ3v) is 6.12. The van der Waals surface area contributed by atoms with Crippen molar-refractivity contribution in [2.45, 2.75) is 39.8 Å². The highest BCUT2D eigenvalue weighted by Crippen LogP contribution is 2.34. The average Bonchev–Trinajstić information content (AvgIpc) is 3.04. The number of aryl methyl sites for hydroxylation is 1.